The lowest BCUT2D eigenvalue weighted by Gasteiger charge is -2.29. The van der Waals surface area contributed by atoms with Gasteiger partial charge in [-0.2, -0.15) is 4.57 Å². The summed E-state index contributed by atoms with van der Waals surface area (Å²) in [6.45, 7) is 6.79. The molecule has 59 heavy (non-hydrogen) atoms. The molecule has 0 radical (unpaired) electrons. The number of nitrogens with zero attached hydrogens (tertiary/aromatic N) is 3. The lowest BCUT2D eigenvalue weighted by atomic mass is 10.1. The van der Waals surface area contributed by atoms with E-state index >= 15 is 0 Å². The van der Waals surface area contributed by atoms with Crippen molar-refractivity contribution in [3.8, 4) is 0 Å². The number of hydrogen-bond acceptors (Lipinski definition) is 7. The van der Waals surface area contributed by atoms with Crippen LogP contribution in [0.1, 0.15) is 108 Å². The largest absolute Gasteiger partial charge is 0.481 e. The molecule has 4 atom stereocenters. The Bertz CT molecular complexity index is 1720. The minimum absolute atomic E-state index is 0.0234. The van der Waals surface area contributed by atoms with Gasteiger partial charge in [0.2, 0.25) is 23.2 Å². The highest BCUT2D eigenvalue weighted by atomic mass is 16.4. The summed E-state index contributed by atoms with van der Waals surface area (Å²) in [5.74, 6) is -5.54. The normalized spacial score (nSPS) is 15.9. The standard InChI is InChI=1S/C41H59N7O11/c1-2-46-24-12-8-15-30(46)27-48(28-31-16-9-13-25-47(31)29-48)26-14-10-18-32(38(53)54)43-36(50)20-6-4-3-5-19-35(49)42-23-11-7-17-33(39(55)56)44-41(59)45-34(40(57)58)21-22-37(51)52/h8-9,12-13,15-16,24-25,32-34H,2-7,10-11,14,17-23,26-29H2,1H3,(H5-3,42,43,44,45,49,50,51,52,53,54,55,56,57,58,59)/p+3. The predicted octanol–water partition coefficient (Wildman–Crippen LogP) is 2.21. The smallest absolute Gasteiger partial charge is 0.326 e. The molecule has 0 aliphatic carbocycles. The van der Waals surface area contributed by atoms with Crippen molar-refractivity contribution in [3.63, 3.8) is 0 Å². The molecule has 4 unspecified atom stereocenters. The van der Waals surface area contributed by atoms with Gasteiger partial charge in [0.25, 0.3) is 6.67 Å². The summed E-state index contributed by atoms with van der Waals surface area (Å²) >= 11 is 0. The van der Waals surface area contributed by atoms with Gasteiger partial charge >= 0.3 is 29.9 Å². The van der Waals surface area contributed by atoms with Crippen LogP contribution < -0.4 is 30.4 Å². The van der Waals surface area contributed by atoms with E-state index in [-0.39, 0.29) is 37.5 Å². The SMILES string of the molecule is CC[n+]1ccccc1C[N+]1(CCCCC(NC(=O)CCCCCCC(=O)NCCCCC(NC(=O)NC(CCC(=O)O)C(=O)O)C(=O)O)C(=O)O)Cc2cccc[n+]2C1. The number of aliphatic carboxylic acids is 4. The van der Waals surface area contributed by atoms with Gasteiger partial charge in [0.05, 0.1) is 6.54 Å². The third-order valence-electron chi connectivity index (χ3n) is 10.5. The lowest BCUT2D eigenvalue weighted by molar-refractivity contribution is -1.04. The zero-order valence-corrected chi connectivity index (χ0v) is 34.0. The first-order valence-electron chi connectivity index (χ1n) is 20.5. The maximum Gasteiger partial charge on any atom is 0.326 e. The monoisotopic (exact) mass is 828 g/mol. The van der Waals surface area contributed by atoms with Crippen molar-refractivity contribution in [2.45, 2.75) is 141 Å². The number of unbranched alkanes of at least 4 members (excludes halogenated alkanes) is 5. The molecule has 2 aromatic heterocycles. The van der Waals surface area contributed by atoms with Crippen LogP contribution in [0.5, 0.6) is 0 Å². The number of fused-ring (bicyclic) bond motifs is 1. The quantitative estimate of drug-likeness (QED) is 0.0335. The second-order valence-corrected chi connectivity index (χ2v) is 15.2. The second kappa shape index (κ2) is 25.0. The fraction of sp³-hybridized carbons (Fsp3) is 0.585. The van der Waals surface area contributed by atoms with E-state index in [4.69, 9.17) is 10.2 Å². The highest BCUT2D eigenvalue weighted by molar-refractivity contribution is 5.86. The third kappa shape index (κ3) is 17.4. The average Bonchev–Trinajstić information content (AvgIpc) is 3.56. The van der Waals surface area contributed by atoms with Gasteiger partial charge in [-0.15, -0.1) is 4.57 Å². The van der Waals surface area contributed by atoms with E-state index in [0.717, 1.165) is 43.8 Å². The Morgan fingerprint density at radius 2 is 1.25 bits per heavy atom. The molecule has 18 heteroatoms. The van der Waals surface area contributed by atoms with E-state index < -0.39 is 54.5 Å². The molecule has 3 heterocycles. The van der Waals surface area contributed by atoms with Crippen LogP contribution in [-0.4, -0.2) is 97.8 Å². The third-order valence-corrected chi connectivity index (χ3v) is 10.5. The van der Waals surface area contributed by atoms with Crippen molar-refractivity contribution in [1.29, 1.82) is 0 Å². The maximum atomic E-state index is 12.7. The second-order valence-electron chi connectivity index (χ2n) is 15.2. The number of aromatic nitrogens is 2. The topological polar surface area (TPSA) is 256 Å². The number of carboxylic acids is 4. The van der Waals surface area contributed by atoms with E-state index in [9.17, 15) is 43.8 Å². The fourth-order valence-corrected chi connectivity index (χ4v) is 7.33. The Morgan fingerprint density at radius 3 is 1.88 bits per heavy atom. The number of nitrogens with one attached hydrogen (secondary N) is 4. The van der Waals surface area contributed by atoms with Crippen LogP contribution in [0.15, 0.2) is 48.8 Å². The minimum Gasteiger partial charge on any atom is -0.481 e. The Kier molecular flexibility index (Phi) is 20.2. The van der Waals surface area contributed by atoms with Gasteiger partial charge < -0.3 is 41.7 Å². The van der Waals surface area contributed by atoms with E-state index in [1.165, 1.54) is 11.4 Å². The molecule has 1 aliphatic rings. The Morgan fingerprint density at radius 1 is 0.661 bits per heavy atom. The Balaban J connectivity index is 1.28. The molecular weight excluding hydrogens is 766 g/mol. The van der Waals surface area contributed by atoms with Gasteiger partial charge in [-0.25, -0.2) is 19.2 Å². The summed E-state index contributed by atoms with van der Waals surface area (Å²) in [5.41, 5.74) is 2.54. The summed E-state index contributed by atoms with van der Waals surface area (Å²) in [4.78, 5) is 82.6. The van der Waals surface area contributed by atoms with Crippen LogP contribution >= 0.6 is 0 Å². The van der Waals surface area contributed by atoms with Gasteiger partial charge in [0.1, 0.15) is 24.7 Å². The molecule has 0 saturated carbocycles. The molecular formula is C41H62N7O11+3. The van der Waals surface area contributed by atoms with Crippen LogP contribution in [0.3, 0.4) is 0 Å². The maximum absolute atomic E-state index is 12.7. The van der Waals surface area contributed by atoms with E-state index in [0.29, 0.717) is 57.9 Å². The number of carboxylic acid groups (broad SMARTS) is 4. The number of hydrogen-bond donors (Lipinski definition) is 8. The summed E-state index contributed by atoms with van der Waals surface area (Å²) in [6.07, 6.45) is 9.01. The van der Waals surface area contributed by atoms with Crippen molar-refractivity contribution in [2.24, 2.45) is 0 Å². The highest BCUT2D eigenvalue weighted by Gasteiger charge is 2.43. The van der Waals surface area contributed by atoms with Crippen molar-refractivity contribution in [3.05, 3.63) is 60.2 Å². The van der Waals surface area contributed by atoms with Crippen molar-refractivity contribution in [1.82, 2.24) is 21.3 Å². The van der Waals surface area contributed by atoms with E-state index in [1.807, 2.05) is 12.1 Å². The zero-order chi connectivity index (χ0) is 43.2. The van der Waals surface area contributed by atoms with Crippen molar-refractivity contribution < 1.29 is 67.6 Å². The molecule has 18 nitrogen and oxygen atoms in total. The molecule has 0 saturated heterocycles. The van der Waals surface area contributed by atoms with Gasteiger partial charge in [-0.05, 0) is 76.8 Å². The molecule has 0 spiro atoms. The molecule has 0 fully saturated rings. The van der Waals surface area contributed by atoms with Crippen LogP contribution in [0, 0.1) is 0 Å². The zero-order valence-electron chi connectivity index (χ0n) is 34.0. The van der Waals surface area contributed by atoms with Gasteiger partial charge in [0, 0.05) is 50.1 Å². The summed E-state index contributed by atoms with van der Waals surface area (Å²) < 4.78 is 5.41. The number of carbonyl (C=O) groups is 7. The summed E-state index contributed by atoms with van der Waals surface area (Å²) in [6, 6.07) is 7.74. The molecule has 4 amide bonds. The van der Waals surface area contributed by atoms with Crippen LogP contribution in [0.25, 0.3) is 0 Å². The number of carbonyl (C=O) groups excluding carboxylic acids is 3. The molecule has 0 aromatic carbocycles. The van der Waals surface area contributed by atoms with Crippen LogP contribution in [0.4, 0.5) is 4.79 Å². The molecule has 8 N–H and O–H groups in total. The summed E-state index contributed by atoms with van der Waals surface area (Å²) in [5, 5.41) is 46.9. The predicted molar refractivity (Wildman–Crippen MR) is 211 cm³/mol. The number of rotatable bonds is 29. The first kappa shape index (κ1) is 47.7. The van der Waals surface area contributed by atoms with E-state index in [2.05, 4.69) is 74.0 Å². The highest BCUT2D eigenvalue weighted by Crippen LogP contribution is 2.24. The molecule has 0 bridgehead atoms. The van der Waals surface area contributed by atoms with E-state index in [1.54, 1.807) is 0 Å². The number of pyridine rings is 2. The van der Waals surface area contributed by atoms with Gasteiger partial charge in [-0.3, -0.25) is 18.9 Å². The van der Waals surface area contributed by atoms with Gasteiger partial charge in [0.15, 0.2) is 25.5 Å². The molecule has 2 aromatic rings. The first-order chi connectivity index (χ1) is 28.2. The number of amides is 4. The number of aryl methyl sites for hydroxylation is 1. The minimum atomic E-state index is -1.49. The number of quaternary nitrogens is 1. The number of urea groups is 1. The molecule has 1 aliphatic heterocycles. The fourth-order valence-electron chi connectivity index (χ4n) is 7.33. The Labute approximate surface area is 344 Å². The Hall–Kier alpha value is -5.65. The van der Waals surface area contributed by atoms with Crippen LogP contribution in [-0.2, 0) is 55.1 Å². The van der Waals surface area contributed by atoms with Crippen molar-refractivity contribution in [2.75, 3.05) is 13.1 Å². The van der Waals surface area contributed by atoms with Crippen LogP contribution in [0.2, 0.25) is 0 Å². The average molecular weight is 829 g/mol. The lowest BCUT2D eigenvalue weighted by Crippen LogP contribution is -2.51. The summed E-state index contributed by atoms with van der Waals surface area (Å²) in [7, 11) is 0. The molecule has 3 rings (SSSR count). The molecule has 324 valence electrons. The first-order valence-corrected chi connectivity index (χ1v) is 20.5. The van der Waals surface area contributed by atoms with Gasteiger partial charge in [-0.1, -0.05) is 12.8 Å². The van der Waals surface area contributed by atoms with Crippen molar-refractivity contribution >= 4 is 41.7 Å².